The maximum absolute atomic E-state index is 12.9. The highest BCUT2D eigenvalue weighted by atomic mass is 16.4. The fraction of sp³-hybridized carbons (Fsp3) is 0.476. The Labute approximate surface area is 195 Å². The molecule has 13 heteroatoms. The number of phenols is 1. The van der Waals surface area contributed by atoms with Gasteiger partial charge in [0.25, 0.3) is 0 Å². The van der Waals surface area contributed by atoms with E-state index in [1.807, 2.05) is 0 Å². The molecule has 0 saturated carbocycles. The Morgan fingerprint density at radius 2 is 1.44 bits per heavy atom. The van der Waals surface area contributed by atoms with Crippen LogP contribution in [0.2, 0.25) is 0 Å². The molecule has 0 aromatic heterocycles. The first kappa shape index (κ1) is 28.3. The van der Waals surface area contributed by atoms with Crippen LogP contribution in [0.5, 0.6) is 5.75 Å². The molecule has 0 fully saturated rings. The van der Waals surface area contributed by atoms with Crippen LogP contribution in [0.15, 0.2) is 24.3 Å². The largest absolute Gasteiger partial charge is 0.508 e. The van der Waals surface area contributed by atoms with Gasteiger partial charge in [-0.1, -0.05) is 12.1 Å². The van der Waals surface area contributed by atoms with Crippen LogP contribution in [0.4, 0.5) is 0 Å². The summed E-state index contributed by atoms with van der Waals surface area (Å²) in [4.78, 5) is 59.7. The van der Waals surface area contributed by atoms with Crippen molar-refractivity contribution in [2.24, 2.45) is 5.73 Å². The van der Waals surface area contributed by atoms with Gasteiger partial charge in [-0.3, -0.25) is 19.2 Å². The second-order valence-electron chi connectivity index (χ2n) is 7.78. The first-order valence-electron chi connectivity index (χ1n) is 10.4. The lowest BCUT2D eigenvalue weighted by Gasteiger charge is -2.26. The predicted octanol–water partition coefficient (Wildman–Crippen LogP) is -1.93. The molecule has 13 nitrogen and oxygen atoms in total. The van der Waals surface area contributed by atoms with Crippen molar-refractivity contribution < 1.29 is 44.4 Å². The number of carbonyl (C=O) groups is 5. The molecule has 0 saturated heterocycles. The van der Waals surface area contributed by atoms with Crippen molar-refractivity contribution in [2.45, 2.75) is 63.4 Å². The van der Waals surface area contributed by atoms with Crippen molar-refractivity contribution in [3.8, 4) is 5.75 Å². The van der Waals surface area contributed by atoms with Crippen molar-refractivity contribution >= 4 is 29.7 Å². The molecule has 0 aliphatic carbocycles. The van der Waals surface area contributed by atoms with Gasteiger partial charge in [0.1, 0.15) is 23.9 Å². The van der Waals surface area contributed by atoms with E-state index < -0.39 is 72.8 Å². The summed E-state index contributed by atoms with van der Waals surface area (Å²) in [6.45, 7) is 2.59. The lowest BCUT2D eigenvalue weighted by Crippen LogP contribution is -2.60. The molecule has 0 radical (unpaired) electrons. The summed E-state index contributed by atoms with van der Waals surface area (Å²) in [6.07, 6.45) is -2.45. The molecule has 1 aromatic rings. The molecule has 9 N–H and O–H groups in total. The monoisotopic (exact) mass is 482 g/mol. The Hall–Kier alpha value is -3.71. The highest BCUT2D eigenvalue weighted by Crippen LogP contribution is 2.12. The lowest BCUT2D eigenvalue weighted by molar-refractivity contribution is -0.144. The van der Waals surface area contributed by atoms with Gasteiger partial charge in [-0.25, -0.2) is 4.79 Å². The number of carboxylic acid groups (broad SMARTS) is 2. The van der Waals surface area contributed by atoms with E-state index in [1.54, 1.807) is 0 Å². The van der Waals surface area contributed by atoms with Gasteiger partial charge in [0.05, 0.1) is 12.1 Å². The smallest absolute Gasteiger partial charge is 0.326 e. The maximum Gasteiger partial charge on any atom is 0.326 e. The molecule has 0 aliphatic heterocycles. The van der Waals surface area contributed by atoms with Crippen LogP contribution in [-0.4, -0.2) is 80.4 Å². The molecule has 0 heterocycles. The Kier molecular flexibility index (Phi) is 10.9. The van der Waals surface area contributed by atoms with Gasteiger partial charge >= 0.3 is 11.9 Å². The molecule has 188 valence electrons. The van der Waals surface area contributed by atoms with Crippen molar-refractivity contribution in [2.75, 3.05) is 0 Å². The summed E-state index contributed by atoms with van der Waals surface area (Å²) in [7, 11) is 0. The van der Waals surface area contributed by atoms with Gasteiger partial charge in [-0.15, -0.1) is 0 Å². The van der Waals surface area contributed by atoms with Crippen LogP contribution < -0.4 is 21.7 Å². The second-order valence-corrected chi connectivity index (χ2v) is 7.78. The van der Waals surface area contributed by atoms with E-state index in [0.29, 0.717) is 5.56 Å². The summed E-state index contributed by atoms with van der Waals surface area (Å²) < 4.78 is 0. The molecular weight excluding hydrogens is 452 g/mol. The van der Waals surface area contributed by atoms with E-state index in [-0.39, 0.29) is 12.2 Å². The Morgan fingerprint density at radius 3 is 1.91 bits per heavy atom. The zero-order valence-corrected chi connectivity index (χ0v) is 18.7. The van der Waals surface area contributed by atoms with Crippen molar-refractivity contribution in [3.63, 3.8) is 0 Å². The van der Waals surface area contributed by atoms with E-state index >= 15 is 0 Å². The number of nitrogens with two attached hydrogens (primary N) is 1. The van der Waals surface area contributed by atoms with Gasteiger partial charge in [0.15, 0.2) is 0 Å². The molecule has 5 atom stereocenters. The van der Waals surface area contributed by atoms with Crippen molar-refractivity contribution in [1.82, 2.24) is 16.0 Å². The fourth-order valence-electron chi connectivity index (χ4n) is 2.83. The van der Waals surface area contributed by atoms with Gasteiger partial charge in [-0.05, 0) is 38.0 Å². The molecule has 5 unspecified atom stereocenters. The summed E-state index contributed by atoms with van der Waals surface area (Å²) >= 11 is 0. The third-order valence-corrected chi connectivity index (χ3v) is 4.75. The number of aromatic hydroxyl groups is 1. The summed E-state index contributed by atoms with van der Waals surface area (Å²) in [6, 6.07) is 0.468. The Morgan fingerprint density at radius 1 is 0.882 bits per heavy atom. The number of nitrogens with one attached hydrogen (secondary N) is 3. The number of phenolic OH excluding ortho intramolecular Hbond substituents is 1. The van der Waals surface area contributed by atoms with E-state index in [0.717, 1.165) is 0 Å². The minimum absolute atomic E-state index is 0.00825. The lowest BCUT2D eigenvalue weighted by atomic mass is 10.0. The number of benzene rings is 1. The number of carboxylic acids is 2. The van der Waals surface area contributed by atoms with Crippen molar-refractivity contribution in [3.05, 3.63) is 29.8 Å². The predicted molar refractivity (Wildman–Crippen MR) is 117 cm³/mol. The summed E-state index contributed by atoms with van der Waals surface area (Å²) in [5, 5.41) is 44.2. The number of carbonyl (C=O) groups excluding carboxylic acids is 3. The molecule has 3 amide bonds. The second kappa shape index (κ2) is 13.1. The number of hydrogen-bond donors (Lipinski definition) is 8. The molecule has 0 bridgehead atoms. The standard InChI is InChI=1S/C21H30N4O9/c1-10(22)18(30)24-15(9-12-3-5-13(27)6-4-12)19(31)25-17(11(2)26)20(32)23-14(21(33)34)7-8-16(28)29/h3-6,10-11,14-15,17,26-27H,7-9,22H2,1-2H3,(H,23,32)(H,24,30)(H,25,31)(H,28,29)(H,33,34). The van der Waals surface area contributed by atoms with Crippen LogP contribution in [0.1, 0.15) is 32.3 Å². The van der Waals surface area contributed by atoms with Crippen LogP contribution in [0.3, 0.4) is 0 Å². The fourth-order valence-corrected chi connectivity index (χ4v) is 2.83. The normalized spacial score (nSPS) is 15.2. The van der Waals surface area contributed by atoms with E-state index in [2.05, 4.69) is 16.0 Å². The number of aliphatic hydroxyl groups is 1. The zero-order valence-electron chi connectivity index (χ0n) is 18.7. The van der Waals surface area contributed by atoms with Gasteiger partial charge in [0.2, 0.25) is 17.7 Å². The number of amides is 3. The minimum atomic E-state index is -1.60. The molecule has 34 heavy (non-hydrogen) atoms. The van der Waals surface area contributed by atoms with E-state index in [9.17, 15) is 39.3 Å². The van der Waals surface area contributed by atoms with Crippen LogP contribution in [0.25, 0.3) is 0 Å². The number of rotatable bonds is 13. The molecule has 0 spiro atoms. The van der Waals surface area contributed by atoms with Gasteiger partial charge in [0, 0.05) is 12.8 Å². The van der Waals surface area contributed by atoms with Gasteiger partial charge in [-0.2, -0.15) is 0 Å². The topological polar surface area (TPSA) is 228 Å². The molecule has 1 rings (SSSR count). The first-order valence-corrected chi connectivity index (χ1v) is 10.4. The van der Waals surface area contributed by atoms with E-state index in [1.165, 1.54) is 38.1 Å². The van der Waals surface area contributed by atoms with E-state index in [4.69, 9.17) is 10.8 Å². The van der Waals surface area contributed by atoms with Crippen LogP contribution >= 0.6 is 0 Å². The highest BCUT2D eigenvalue weighted by molar-refractivity contribution is 5.94. The number of hydrogen-bond acceptors (Lipinski definition) is 8. The molecule has 0 aliphatic rings. The first-order chi connectivity index (χ1) is 15.8. The number of aliphatic hydroxyl groups excluding tert-OH is 1. The average molecular weight is 482 g/mol. The molecule has 1 aromatic carbocycles. The maximum atomic E-state index is 12.9. The van der Waals surface area contributed by atoms with Crippen LogP contribution in [0, 0.1) is 0 Å². The highest BCUT2D eigenvalue weighted by Gasteiger charge is 2.32. The summed E-state index contributed by atoms with van der Waals surface area (Å²) in [5.74, 6) is -5.33. The Balaban J connectivity index is 3.03. The number of aliphatic carboxylic acids is 2. The SMILES string of the molecule is CC(N)C(=O)NC(Cc1ccc(O)cc1)C(=O)NC(C(=O)NC(CCC(=O)O)C(=O)O)C(C)O. The third-order valence-electron chi connectivity index (χ3n) is 4.75. The zero-order chi connectivity index (χ0) is 26.0. The molecular formula is C21H30N4O9. The van der Waals surface area contributed by atoms with Crippen LogP contribution in [-0.2, 0) is 30.4 Å². The average Bonchev–Trinajstić information content (AvgIpc) is 2.74. The quantitative estimate of drug-likeness (QED) is 0.155. The van der Waals surface area contributed by atoms with Crippen molar-refractivity contribution in [1.29, 1.82) is 0 Å². The summed E-state index contributed by atoms with van der Waals surface area (Å²) in [5.41, 5.74) is 6.11. The Bertz CT molecular complexity index is 887. The third kappa shape index (κ3) is 9.42. The van der Waals surface area contributed by atoms with Gasteiger partial charge < -0.3 is 42.1 Å². The minimum Gasteiger partial charge on any atom is -0.508 e.